The molecule has 1 saturated heterocycles. The summed E-state index contributed by atoms with van der Waals surface area (Å²) in [5, 5.41) is -0.203. The molecule has 2 aliphatic rings. The van der Waals surface area contributed by atoms with Crippen molar-refractivity contribution in [1.29, 1.82) is 0 Å². The van der Waals surface area contributed by atoms with Crippen molar-refractivity contribution in [2.75, 3.05) is 14.2 Å². The van der Waals surface area contributed by atoms with Crippen molar-refractivity contribution in [1.82, 2.24) is 4.90 Å². The van der Waals surface area contributed by atoms with Gasteiger partial charge in [0.2, 0.25) is 5.91 Å². The van der Waals surface area contributed by atoms with Gasteiger partial charge in [-0.1, -0.05) is 18.7 Å². The highest BCUT2D eigenvalue weighted by molar-refractivity contribution is 8.05. The summed E-state index contributed by atoms with van der Waals surface area (Å²) < 4.78 is 9.17. The molecule has 6 nitrogen and oxygen atoms in total. The van der Waals surface area contributed by atoms with Gasteiger partial charge >= 0.3 is 11.9 Å². The molecule has 0 saturated carbocycles. The van der Waals surface area contributed by atoms with Crippen molar-refractivity contribution < 1.29 is 23.9 Å². The smallest absolute Gasteiger partial charge is 0.356 e. The number of nitrogens with zero attached hydrogens (tertiary/aromatic N) is 1. The Labute approximate surface area is 102 Å². The zero-order valence-corrected chi connectivity index (χ0v) is 10.4. The number of hydrogen-bond donors (Lipinski definition) is 0. The first-order valence-corrected chi connectivity index (χ1v) is 5.81. The van der Waals surface area contributed by atoms with Crippen LogP contribution >= 0.6 is 11.8 Å². The number of thioether (sulfide) groups is 1. The normalized spacial score (nSPS) is 26.5. The van der Waals surface area contributed by atoms with Gasteiger partial charge in [0.15, 0.2) is 5.70 Å². The Hall–Kier alpha value is -1.50. The molecule has 92 valence electrons. The van der Waals surface area contributed by atoms with Crippen molar-refractivity contribution in [2.45, 2.75) is 12.3 Å². The summed E-state index contributed by atoms with van der Waals surface area (Å²) >= 11 is 1.17. The predicted molar refractivity (Wildman–Crippen MR) is 58.4 cm³/mol. The van der Waals surface area contributed by atoms with Gasteiger partial charge in [0.1, 0.15) is 4.91 Å². The molecule has 0 aromatic carbocycles. The summed E-state index contributed by atoms with van der Waals surface area (Å²) in [4.78, 5) is 36.2. The van der Waals surface area contributed by atoms with E-state index in [9.17, 15) is 14.4 Å². The monoisotopic (exact) mass is 257 g/mol. The number of hydrogen-bond acceptors (Lipinski definition) is 6. The maximum absolute atomic E-state index is 11.6. The summed E-state index contributed by atoms with van der Waals surface area (Å²) in [6.07, 6.45) is 0. The van der Waals surface area contributed by atoms with Crippen molar-refractivity contribution in [3.05, 3.63) is 10.6 Å². The third-order valence-electron chi connectivity index (χ3n) is 2.75. The Bertz CT molecular complexity index is 444. The third-order valence-corrected chi connectivity index (χ3v) is 4.21. The van der Waals surface area contributed by atoms with E-state index in [4.69, 9.17) is 0 Å². The number of methoxy groups -OCH3 is 2. The van der Waals surface area contributed by atoms with Gasteiger partial charge in [0, 0.05) is 0 Å². The molecule has 2 atom stereocenters. The average Bonchev–Trinajstić information content (AvgIpc) is 2.72. The number of fused-ring (bicyclic) bond motifs is 1. The second-order valence-electron chi connectivity index (χ2n) is 3.67. The van der Waals surface area contributed by atoms with Gasteiger partial charge in [0.05, 0.1) is 25.5 Å². The number of ether oxygens (including phenoxy) is 2. The standard InChI is InChI=1S/C10H11NO5S/c1-4-7(12)11-5(9(13)15-2)6(10(14)16-3)17-8(4)11/h4,8H,1-3H3/t4-,8+/m0/s1. The van der Waals surface area contributed by atoms with E-state index in [1.54, 1.807) is 6.92 Å². The second kappa shape index (κ2) is 4.06. The van der Waals surface area contributed by atoms with Gasteiger partial charge in [-0.15, -0.1) is 0 Å². The minimum atomic E-state index is -0.694. The topological polar surface area (TPSA) is 72.9 Å². The number of esters is 2. The van der Waals surface area contributed by atoms with Crippen LogP contribution in [0.15, 0.2) is 10.6 Å². The zero-order chi connectivity index (χ0) is 12.7. The first-order valence-electron chi connectivity index (χ1n) is 4.93. The maximum Gasteiger partial charge on any atom is 0.356 e. The quantitative estimate of drug-likeness (QED) is 0.516. The van der Waals surface area contributed by atoms with E-state index in [2.05, 4.69) is 9.47 Å². The van der Waals surface area contributed by atoms with Crippen molar-refractivity contribution >= 4 is 29.6 Å². The number of carbonyl (C=O) groups excluding carboxylic acids is 3. The highest BCUT2D eigenvalue weighted by Gasteiger charge is 2.55. The van der Waals surface area contributed by atoms with E-state index < -0.39 is 11.9 Å². The number of amides is 1. The molecule has 17 heavy (non-hydrogen) atoms. The van der Waals surface area contributed by atoms with Crippen LogP contribution in [-0.4, -0.2) is 42.3 Å². The van der Waals surface area contributed by atoms with Crippen molar-refractivity contribution in [3.63, 3.8) is 0 Å². The van der Waals surface area contributed by atoms with E-state index in [0.717, 1.165) is 0 Å². The molecule has 1 fully saturated rings. The maximum atomic E-state index is 11.6. The minimum absolute atomic E-state index is 0.00236. The summed E-state index contributed by atoms with van der Waals surface area (Å²) in [5.74, 6) is -1.70. The fourth-order valence-corrected chi connectivity index (χ4v) is 3.16. The largest absolute Gasteiger partial charge is 0.465 e. The molecule has 0 spiro atoms. The van der Waals surface area contributed by atoms with E-state index in [1.807, 2.05) is 0 Å². The predicted octanol–water partition coefficient (Wildman–Crippen LogP) is 0.0952. The van der Waals surface area contributed by atoms with E-state index >= 15 is 0 Å². The summed E-state index contributed by atoms with van der Waals surface area (Å²) in [5.41, 5.74) is -0.00236. The molecule has 2 heterocycles. The van der Waals surface area contributed by atoms with Gasteiger partial charge in [-0.2, -0.15) is 0 Å². The first-order chi connectivity index (χ1) is 8.02. The van der Waals surface area contributed by atoms with E-state index in [-0.39, 0.29) is 27.8 Å². The lowest BCUT2D eigenvalue weighted by molar-refractivity contribution is -0.152. The molecule has 0 bridgehead atoms. The van der Waals surface area contributed by atoms with E-state index in [0.29, 0.717) is 0 Å². The minimum Gasteiger partial charge on any atom is -0.465 e. The summed E-state index contributed by atoms with van der Waals surface area (Å²) in [6.45, 7) is 1.76. The molecule has 0 aromatic rings. The number of carbonyl (C=O) groups is 3. The summed E-state index contributed by atoms with van der Waals surface area (Å²) in [7, 11) is 2.43. The molecule has 7 heteroatoms. The number of β-lactam (4-membered cyclic amide) rings is 1. The van der Waals surface area contributed by atoms with Gasteiger partial charge in [-0.05, 0) is 0 Å². The molecular weight excluding hydrogens is 246 g/mol. The van der Waals surface area contributed by atoms with Crippen LogP contribution in [0.5, 0.6) is 0 Å². The highest BCUT2D eigenvalue weighted by Crippen LogP contribution is 2.49. The lowest BCUT2D eigenvalue weighted by Crippen LogP contribution is -2.56. The molecule has 0 aliphatic carbocycles. The van der Waals surface area contributed by atoms with Gasteiger partial charge in [-0.25, -0.2) is 9.59 Å². The van der Waals surface area contributed by atoms with Crippen LogP contribution in [0.2, 0.25) is 0 Å². The lowest BCUT2D eigenvalue weighted by Gasteiger charge is -2.40. The van der Waals surface area contributed by atoms with Crippen LogP contribution in [0, 0.1) is 5.92 Å². The fraction of sp³-hybridized carbons (Fsp3) is 0.500. The molecule has 0 unspecified atom stereocenters. The van der Waals surface area contributed by atoms with Crippen molar-refractivity contribution in [2.24, 2.45) is 5.92 Å². The van der Waals surface area contributed by atoms with Crippen LogP contribution in [0.4, 0.5) is 0 Å². The second-order valence-corrected chi connectivity index (χ2v) is 4.79. The molecule has 2 rings (SSSR count). The van der Waals surface area contributed by atoms with Gasteiger partial charge in [0.25, 0.3) is 0 Å². The average molecular weight is 257 g/mol. The third kappa shape index (κ3) is 1.53. The molecule has 2 aliphatic heterocycles. The first kappa shape index (κ1) is 12.0. The number of rotatable bonds is 2. The van der Waals surface area contributed by atoms with Crippen LogP contribution in [0.25, 0.3) is 0 Å². The SMILES string of the molecule is COC(=O)C1=C(C(=O)OC)N2C(=O)[C@H](C)[C@H]2S1. The van der Waals surface area contributed by atoms with E-state index in [1.165, 1.54) is 30.9 Å². The van der Waals surface area contributed by atoms with Gasteiger partial charge < -0.3 is 9.47 Å². The van der Waals surface area contributed by atoms with Crippen LogP contribution in [0.1, 0.15) is 6.92 Å². The van der Waals surface area contributed by atoms with Crippen LogP contribution < -0.4 is 0 Å². The summed E-state index contributed by atoms with van der Waals surface area (Å²) in [6, 6.07) is 0. The molecule has 0 aromatic heterocycles. The Balaban J connectivity index is 2.40. The molecular formula is C10H11NO5S. The highest BCUT2D eigenvalue weighted by atomic mass is 32.2. The Morgan fingerprint density at radius 1 is 1.24 bits per heavy atom. The molecule has 0 N–H and O–H groups in total. The fourth-order valence-electron chi connectivity index (χ4n) is 1.81. The van der Waals surface area contributed by atoms with Crippen LogP contribution in [0.3, 0.4) is 0 Å². The Morgan fingerprint density at radius 2 is 1.82 bits per heavy atom. The Morgan fingerprint density at radius 3 is 2.35 bits per heavy atom. The van der Waals surface area contributed by atoms with Crippen LogP contribution in [-0.2, 0) is 23.9 Å². The molecule has 0 radical (unpaired) electrons. The Kier molecular flexibility index (Phi) is 2.86. The molecule has 1 amide bonds. The lowest BCUT2D eigenvalue weighted by atomic mass is 10.00. The zero-order valence-electron chi connectivity index (χ0n) is 9.55. The van der Waals surface area contributed by atoms with Crippen molar-refractivity contribution in [3.8, 4) is 0 Å². The van der Waals surface area contributed by atoms with Gasteiger partial charge in [-0.3, -0.25) is 9.69 Å².